The first-order chi connectivity index (χ1) is 10.0. The van der Waals surface area contributed by atoms with E-state index >= 15 is 0 Å². The number of nitro benzene ring substituents is 1. The van der Waals surface area contributed by atoms with Crippen LogP contribution in [0.15, 0.2) is 18.2 Å². The number of nitrogens with zero attached hydrogens (tertiary/aromatic N) is 2. The molecule has 21 heavy (non-hydrogen) atoms. The van der Waals surface area contributed by atoms with Gasteiger partial charge in [-0.25, -0.2) is 0 Å². The van der Waals surface area contributed by atoms with E-state index in [-0.39, 0.29) is 5.69 Å². The molecule has 2 bridgehead atoms. The van der Waals surface area contributed by atoms with Crippen molar-refractivity contribution in [2.45, 2.75) is 50.2 Å². The van der Waals surface area contributed by atoms with Gasteiger partial charge in [0.2, 0.25) is 0 Å². The summed E-state index contributed by atoms with van der Waals surface area (Å²) in [4.78, 5) is 12.8. The summed E-state index contributed by atoms with van der Waals surface area (Å²) in [5.41, 5.74) is 0.834. The maximum Gasteiger partial charge on any atom is 0.271 e. The Morgan fingerprint density at radius 1 is 1.33 bits per heavy atom. The summed E-state index contributed by atoms with van der Waals surface area (Å²) in [6, 6.07) is 6.33. The van der Waals surface area contributed by atoms with Gasteiger partial charge in [0, 0.05) is 30.3 Å². The number of fused-ring (bicyclic) bond motifs is 2. The van der Waals surface area contributed by atoms with E-state index < -0.39 is 4.92 Å². The predicted octanol–water partition coefficient (Wildman–Crippen LogP) is 3.68. The van der Waals surface area contributed by atoms with Gasteiger partial charge in [-0.15, -0.1) is 0 Å². The van der Waals surface area contributed by atoms with Crippen LogP contribution < -0.4 is 5.32 Å². The van der Waals surface area contributed by atoms with E-state index in [2.05, 4.69) is 17.3 Å². The Morgan fingerprint density at radius 3 is 2.57 bits per heavy atom. The van der Waals surface area contributed by atoms with Crippen molar-refractivity contribution in [1.29, 1.82) is 0 Å². The Balaban J connectivity index is 1.71. The summed E-state index contributed by atoms with van der Waals surface area (Å²) >= 11 is 6.16. The fourth-order valence-electron chi connectivity index (χ4n) is 3.69. The molecule has 6 heteroatoms. The van der Waals surface area contributed by atoms with Gasteiger partial charge in [0.15, 0.2) is 0 Å². The fourth-order valence-corrected chi connectivity index (χ4v) is 3.92. The maximum absolute atomic E-state index is 10.7. The molecule has 2 saturated heterocycles. The molecule has 3 rings (SSSR count). The Kier molecular flexibility index (Phi) is 4.04. The zero-order chi connectivity index (χ0) is 15.0. The standard InChI is InChI=1S/C15H20ClN3O2/c1-18-11-3-2-4-12(18)8-10(7-11)17-15-6-5-13(19(20)21)9-14(15)16/h5-6,9-12,17H,2-4,7-8H2,1H3. The zero-order valence-corrected chi connectivity index (χ0v) is 12.8. The molecule has 2 aliphatic rings. The third kappa shape index (κ3) is 2.99. The van der Waals surface area contributed by atoms with Crippen molar-refractivity contribution in [3.05, 3.63) is 33.3 Å². The molecule has 0 aromatic heterocycles. The van der Waals surface area contributed by atoms with Crippen molar-refractivity contribution in [1.82, 2.24) is 4.90 Å². The summed E-state index contributed by atoms with van der Waals surface area (Å²) in [7, 11) is 2.23. The number of benzene rings is 1. The van der Waals surface area contributed by atoms with Gasteiger partial charge in [-0.1, -0.05) is 18.0 Å². The van der Waals surface area contributed by atoms with E-state index in [1.165, 1.54) is 31.4 Å². The summed E-state index contributed by atoms with van der Waals surface area (Å²) in [6.45, 7) is 0. The highest BCUT2D eigenvalue weighted by Crippen LogP contribution is 2.35. The monoisotopic (exact) mass is 309 g/mol. The number of nitrogens with one attached hydrogen (secondary N) is 1. The highest BCUT2D eigenvalue weighted by atomic mass is 35.5. The molecular formula is C15H20ClN3O2. The number of halogens is 1. The van der Waals surface area contributed by atoms with E-state index in [0.717, 1.165) is 18.5 Å². The molecule has 2 fully saturated rings. The lowest BCUT2D eigenvalue weighted by Crippen LogP contribution is -2.52. The average Bonchev–Trinajstić information content (AvgIpc) is 2.42. The Bertz CT molecular complexity index is 538. The van der Waals surface area contributed by atoms with Gasteiger partial charge in [0.05, 0.1) is 15.6 Å². The quantitative estimate of drug-likeness (QED) is 0.683. The van der Waals surface area contributed by atoms with E-state index in [4.69, 9.17) is 11.6 Å². The number of non-ortho nitro benzene ring substituents is 1. The molecule has 1 N–H and O–H groups in total. The zero-order valence-electron chi connectivity index (χ0n) is 12.1. The first-order valence-corrected chi connectivity index (χ1v) is 7.85. The van der Waals surface area contributed by atoms with Crippen LogP contribution in [-0.2, 0) is 0 Å². The number of piperidine rings is 2. The number of nitro groups is 1. The summed E-state index contributed by atoms with van der Waals surface area (Å²) < 4.78 is 0. The minimum Gasteiger partial charge on any atom is -0.381 e. The van der Waals surface area contributed by atoms with Crippen LogP contribution in [-0.4, -0.2) is 35.0 Å². The van der Waals surface area contributed by atoms with Gasteiger partial charge in [-0.3, -0.25) is 10.1 Å². The topological polar surface area (TPSA) is 58.4 Å². The number of anilines is 1. The van der Waals surface area contributed by atoms with Gasteiger partial charge in [-0.05, 0) is 38.8 Å². The van der Waals surface area contributed by atoms with Crippen LogP contribution in [0.4, 0.5) is 11.4 Å². The molecule has 2 unspecified atom stereocenters. The SMILES string of the molecule is CN1C2CCCC1CC(Nc1ccc([N+](=O)[O-])cc1Cl)C2. The molecular weight excluding hydrogens is 290 g/mol. The lowest BCUT2D eigenvalue weighted by Gasteiger charge is -2.47. The van der Waals surface area contributed by atoms with Crippen molar-refractivity contribution in [3.8, 4) is 0 Å². The molecule has 0 saturated carbocycles. The normalized spacial score (nSPS) is 29.1. The lowest BCUT2D eigenvalue weighted by molar-refractivity contribution is -0.384. The van der Waals surface area contributed by atoms with Crippen LogP contribution in [0.2, 0.25) is 5.02 Å². The fraction of sp³-hybridized carbons (Fsp3) is 0.600. The molecule has 2 aliphatic heterocycles. The first kappa shape index (κ1) is 14.6. The van der Waals surface area contributed by atoms with Gasteiger partial charge < -0.3 is 10.2 Å². The van der Waals surface area contributed by atoms with Gasteiger partial charge in [0.1, 0.15) is 0 Å². The van der Waals surface area contributed by atoms with Crippen LogP contribution >= 0.6 is 11.6 Å². The van der Waals surface area contributed by atoms with E-state index in [1.807, 2.05) is 0 Å². The Morgan fingerprint density at radius 2 is 2.00 bits per heavy atom. The second kappa shape index (κ2) is 5.81. The minimum absolute atomic E-state index is 0.0331. The molecule has 0 spiro atoms. The van der Waals surface area contributed by atoms with Crippen molar-refractivity contribution in [3.63, 3.8) is 0 Å². The lowest BCUT2D eigenvalue weighted by atomic mass is 9.82. The Hall–Kier alpha value is -1.33. The molecule has 0 amide bonds. The third-order valence-corrected chi connectivity index (χ3v) is 5.18. The summed E-state index contributed by atoms with van der Waals surface area (Å²) in [6.07, 6.45) is 6.07. The van der Waals surface area contributed by atoms with Crippen LogP contribution in [0.5, 0.6) is 0 Å². The average molecular weight is 310 g/mol. The van der Waals surface area contributed by atoms with Crippen LogP contribution in [0.1, 0.15) is 32.1 Å². The summed E-state index contributed by atoms with van der Waals surface area (Å²) in [5, 5.41) is 14.7. The van der Waals surface area contributed by atoms with Crippen molar-refractivity contribution >= 4 is 23.0 Å². The van der Waals surface area contributed by atoms with Crippen LogP contribution in [0.3, 0.4) is 0 Å². The van der Waals surface area contributed by atoms with Crippen molar-refractivity contribution < 1.29 is 4.92 Å². The highest BCUT2D eigenvalue weighted by molar-refractivity contribution is 6.33. The second-order valence-corrected chi connectivity index (χ2v) is 6.55. The maximum atomic E-state index is 10.7. The molecule has 5 nitrogen and oxygen atoms in total. The number of hydrogen-bond acceptors (Lipinski definition) is 4. The largest absolute Gasteiger partial charge is 0.381 e. The van der Waals surface area contributed by atoms with Gasteiger partial charge in [-0.2, -0.15) is 0 Å². The molecule has 1 aromatic rings. The second-order valence-electron chi connectivity index (χ2n) is 6.14. The van der Waals surface area contributed by atoms with E-state index in [0.29, 0.717) is 23.1 Å². The number of rotatable bonds is 3. The number of hydrogen-bond donors (Lipinski definition) is 1. The smallest absolute Gasteiger partial charge is 0.271 e. The highest BCUT2D eigenvalue weighted by Gasteiger charge is 2.36. The molecule has 0 radical (unpaired) electrons. The summed E-state index contributed by atoms with van der Waals surface area (Å²) in [5.74, 6) is 0. The molecule has 114 valence electrons. The van der Waals surface area contributed by atoms with E-state index in [9.17, 15) is 10.1 Å². The van der Waals surface area contributed by atoms with Crippen LogP contribution in [0.25, 0.3) is 0 Å². The van der Waals surface area contributed by atoms with Crippen LogP contribution in [0, 0.1) is 10.1 Å². The molecule has 2 atom stereocenters. The van der Waals surface area contributed by atoms with Gasteiger partial charge >= 0.3 is 0 Å². The van der Waals surface area contributed by atoms with Crippen molar-refractivity contribution in [2.75, 3.05) is 12.4 Å². The molecule has 1 aromatic carbocycles. The molecule has 0 aliphatic carbocycles. The predicted molar refractivity (Wildman–Crippen MR) is 83.9 cm³/mol. The van der Waals surface area contributed by atoms with E-state index in [1.54, 1.807) is 6.07 Å². The van der Waals surface area contributed by atoms with Crippen molar-refractivity contribution in [2.24, 2.45) is 0 Å². The van der Waals surface area contributed by atoms with Gasteiger partial charge in [0.25, 0.3) is 5.69 Å². The third-order valence-electron chi connectivity index (χ3n) is 4.86. The minimum atomic E-state index is -0.421. The first-order valence-electron chi connectivity index (χ1n) is 7.47. The Labute approximate surface area is 129 Å². The molecule has 2 heterocycles.